The lowest BCUT2D eigenvalue weighted by Crippen LogP contribution is -2.38. The molecule has 1 N–H and O–H groups in total. The number of carboxylic acid groups (broad SMARTS) is 1. The number of urea groups is 1. The Hall–Kier alpha value is -2.32. The zero-order valence-corrected chi connectivity index (χ0v) is 14.1. The van der Waals surface area contributed by atoms with E-state index in [1.54, 1.807) is 4.90 Å². The Balaban J connectivity index is 1.48. The maximum atomic E-state index is 12.2. The zero-order valence-electron chi connectivity index (χ0n) is 14.1. The van der Waals surface area contributed by atoms with Crippen LogP contribution in [0.3, 0.4) is 0 Å². The normalized spacial score (nSPS) is 18.6. The topological polar surface area (TPSA) is 82.6 Å². The number of ether oxygens (including phenoxy) is 2. The summed E-state index contributed by atoms with van der Waals surface area (Å²) in [6.45, 7) is 5.53. The summed E-state index contributed by atoms with van der Waals surface area (Å²) in [5, 5.41) is 8.82. The second-order valence-electron chi connectivity index (χ2n) is 6.05. The minimum atomic E-state index is -1.00. The second kappa shape index (κ2) is 8.17. The quantitative estimate of drug-likeness (QED) is 0.781. The fourth-order valence-corrected chi connectivity index (χ4v) is 2.97. The summed E-state index contributed by atoms with van der Waals surface area (Å²) >= 11 is 0. The van der Waals surface area contributed by atoms with Crippen molar-refractivity contribution in [2.75, 3.05) is 64.0 Å². The first-order valence-corrected chi connectivity index (χ1v) is 8.45. The van der Waals surface area contributed by atoms with Crippen molar-refractivity contribution in [3.05, 3.63) is 24.3 Å². The fourth-order valence-electron chi connectivity index (χ4n) is 2.97. The maximum absolute atomic E-state index is 12.2. The molecule has 8 nitrogen and oxygen atoms in total. The molecule has 1 aromatic carbocycles. The maximum Gasteiger partial charge on any atom is 0.325 e. The second-order valence-corrected chi connectivity index (χ2v) is 6.05. The minimum Gasteiger partial charge on any atom is -0.492 e. The Morgan fingerprint density at radius 1 is 1.12 bits per heavy atom. The molecule has 136 valence electrons. The Bertz CT molecular complexity index is 601. The zero-order chi connectivity index (χ0) is 17.6. The van der Waals surface area contributed by atoms with Gasteiger partial charge in [0.15, 0.2) is 0 Å². The SMILES string of the molecule is O=C(O)CN1CCN(c2ccc(OCCN3CCOCC3)cc2)C1=O. The molecule has 2 heterocycles. The van der Waals surface area contributed by atoms with E-state index in [1.165, 1.54) is 4.90 Å². The molecule has 3 rings (SSSR count). The third-order valence-corrected chi connectivity index (χ3v) is 4.35. The number of amides is 2. The van der Waals surface area contributed by atoms with Crippen LogP contribution in [0.25, 0.3) is 0 Å². The monoisotopic (exact) mass is 349 g/mol. The van der Waals surface area contributed by atoms with Gasteiger partial charge in [-0.25, -0.2) is 4.79 Å². The Kier molecular flexibility index (Phi) is 5.72. The van der Waals surface area contributed by atoms with Gasteiger partial charge < -0.3 is 19.5 Å². The van der Waals surface area contributed by atoms with Crippen molar-refractivity contribution in [3.8, 4) is 5.75 Å². The molecule has 0 atom stereocenters. The van der Waals surface area contributed by atoms with Crippen LogP contribution in [0.15, 0.2) is 24.3 Å². The average molecular weight is 349 g/mol. The molecule has 0 unspecified atom stereocenters. The van der Waals surface area contributed by atoms with Gasteiger partial charge >= 0.3 is 12.0 Å². The Labute approximate surface area is 146 Å². The van der Waals surface area contributed by atoms with Crippen LogP contribution in [0.2, 0.25) is 0 Å². The van der Waals surface area contributed by atoms with Gasteiger partial charge in [-0.05, 0) is 24.3 Å². The summed E-state index contributed by atoms with van der Waals surface area (Å²) in [6.07, 6.45) is 0. The molecule has 2 saturated heterocycles. The number of nitrogens with zero attached hydrogens (tertiary/aromatic N) is 3. The van der Waals surface area contributed by atoms with Gasteiger partial charge in [0.05, 0.1) is 13.2 Å². The largest absolute Gasteiger partial charge is 0.492 e. The van der Waals surface area contributed by atoms with Crippen LogP contribution < -0.4 is 9.64 Å². The van der Waals surface area contributed by atoms with Crippen molar-refractivity contribution in [2.45, 2.75) is 0 Å². The van der Waals surface area contributed by atoms with Gasteiger partial charge in [0.2, 0.25) is 0 Å². The van der Waals surface area contributed by atoms with Gasteiger partial charge in [0.25, 0.3) is 0 Å². The van der Waals surface area contributed by atoms with Gasteiger partial charge in [-0.2, -0.15) is 0 Å². The summed E-state index contributed by atoms with van der Waals surface area (Å²) < 4.78 is 11.1. The standard InChI is InChI=1S/C17H23N3O5/c21-16(22)13-19-5-6-20(17(19)23)14-1-3-15(4-2-14)25-12-9-18-7-10-24-11-8-18/h1-4H,5-13H2,(H,21,22). The van der Waals surface area contributed by atoms with Gasteiger partial charge in [-0.15, -0.1) is 0 Å². The van der Waals surface area contributed by atoms with Crippen molar-refractivity contribution in [2.24, 2.45) is 0 Å². The van der Waals surface area contributed by atoms with Crippen LogP contribution in [0.4, 0.5) is 10.5 Å². The van der Waals surface area contributed by atoms with Crippen LogP contribution in [-0.4, -0.2) is 86.0 Å². The highest BCUT2D eigenvalue weighted by atomic mass is 16.5. The van der Waals surface area contributed by atoms with E-state index in [4.69, 9.17) is 14.6 Å². The lowest BCUT2D eigenvalue weighted by Gasteiger charge is -2.26. The van der Waals surface area contributed by atoms with Crippen LogP contribution >= 0.6 is 0 Å². The van der Waals surface area contributed by atoms with Crippen molar-refractivity contribution >= 4 is 17.7 Å². The molecule has 2 aliphatic rings. The number of hydrogen-bond donors (Lipinski definition) is 1. The number of morpholine rings is 1. The van der Waals surface area contributed by atoms with Gasteiger partial charge in [0, 0.05) is 38.4 Å². The van der Waals surface area contributed by atoms with Crippen LogP contribution in [0.5, 0.6) is 5.75 Å². The highest BCUT2D eigenvalue weighted by Crippen LogP contribution is 2.23. The van der Waals surface area contributed by atoms with E-state index in [2.05, 4.69) is 4.90 Å². The third-order valence-electron chi connectivity index (χ3n) is 4.35. The number of carbonyl (C=O) groups is 2. The van der Waals surface area contributed by atoms with Gasteiger partial charge in [-0.1, -0.05) is 0 Å². The van der Waals surface area contributed by atoms with E-state index < -0.39 is 5.97 Å². The van der Waals surface area contributed by atoms with Gasteiger partial charge in [-0.3, -0.25) is 14.6 Å². The number of anilines is 1. The molecule has 2 amide bonds. The van der Waals surface area contributed by atoms with E-state index in [0.717, 1.165) is 44.3 Å². The fraction of sp³-hybridized carbons (Fsp3) is 0.529. The number of rotatable bonds is 7. The Morgan fingerprint density at radius 2 is 1.84 bits per heavy atom. The molecule has 25 heavy (non-hydrogen) atoms. The lowest BCUT2D eigenvalue weighted by atomic mass is 10.3. The predicted molar refractivity (Wildman–Crippen MR) is 91.1 cm³/mol. The molecule has 0 saturated carbocycles. The minimum absolute atomic E-state index is 0.266. The molecule has 0 aliphatic carbocycles. The molecule has 0 spiro atoms. The highest BCUT2D eigenvalue weighted by molar-refractivity contribution is 5.95. The highest BCUT2D eigenvalue weighted by Gasteiger charge is 2.30. The summed E-state index contributed by atoms with van der Waals surface area (Å²) in [5.41, 5.74) is 0.749. The molecule has 2 aliphatic heterocycles. The average Bonchev–Trinajstić information content (AvgIpc) is 2.97. The van der Waals surface area contributed by atoms with Crippen LogP contribution in [-0.2, 0) is 9.53 Å². The summed E-state index contributed by atoms with van der Waals surface area (Å²) in [5.74, 6) is -0.245. The van der Waals surface area contributed by atoms with E-state index in [-0.39, 0.29) is 12.6 Å². The lowest BCUT2D eigenvalue weighted by molar-refractivity contribution is -0.137. The van der Waals surface area contributed by atoms with Crippen molar-refractivity contribution in [1.82, 2.24) is 9.80 Å². The molecule has 8 heteroatoms. The van der Waals surface area contributed by atoms with Crippen LogP contribution in [0.1, 0.15) is 0 Å². The van der Waals surface area contributed by atoms with E-state index in [9.17, 15) is 9.59 Å². The molecule has 0 aromatic heterocycles. The number of aliphatic carboxylic acids is 1. The number of carboxylic acids is 1. The molecular weight excluding hydrogens is 326 g/mol. The smallest absolute Gasteiger partial charge is 0.325 e. The van der Waals surface area contributed by atoms with E-state index in [0.29, 0.717) is 19.7 Å². The molecule has 1 aromatic rings. The number of carbonyl (C=O) groups excluding carboxylic acids is 1. The number of hydrogen-bond acceptors (Lipinski definition) is 5. The van der Waals surface area contributed by atoms with Crippen molar-refractivity contribution in [1.29, 1.82) is 0 Å². The third kappa shape index (κ3) is 4.61. The molecular formula is C17H23N3O5. The summed E-state index contributed by atoms with van der Waals surface area (Å²) in [4.78, 5) is 28.2. The first-order valence-electron chi connectivity index (χ1n) is 8.45. The summed E-state index contributed by atoms with van der Waals surface area (Å²) in [7, 11) is 0. The summed E-state index contributed by atoms with van der Waals surface area (Å²) in [6, 6.07) is 7.05. The van der Waals surface area contributed by atoms with Gasteiger partial charge in [0.1, 0.15) is 18.9 Å². The first-order chi connectivity index (χ1) is 12.1. The number of benzene rings is 1. The predicted octanol–water partition coefficient (Wildman–Crippen LogP) is 0.724. The van der Waals surface area contributed by atoms with Crippen molar-refractivity contribution < 1.29 is 24.2 Å². The molecule has 0 bridgehead atoms. The van der Waals surface area contributed by atoms with Crippen molar-refractivity contribution in [3.63, 3.8) is 0 Å². The van der Waals surface area contributed by atoms with E-state index in [1.807, 2.05) is 24.3 Å². The first kappa shape index (κ1) is 17.5. The Morgan fingerprint density at radius 3 is 2.52 bits per heavy atom. The van der Waals surface area contributed by atoms with E-state index >= 15 is 0 Å². The molecule has 2 fully saturated rings. The van der Waals surface area contributed by atoms with Crippen LogP contribution in [0, 0.1) is 0 Å². The molecule has 0 radical (unpaired) electrons.